The Bertz CT molecular complexity index is 147. The van der Waals surface area contributed by atoms with Gasteiger partial charge in [0.25, 0.3) is 0 Å². The van der Waals surface area contributed by atoms with E-state index in [-0.39, 0.29) is 12.7 Å². The van der Waals surface area contributed by atoms with Gasteiger partial charge in [-0.1, -0.05) is 0 Å². The molecule has 0 aromatic carbocycles. The molecule has 1 unspecified atom stereocenters. The monoisotopic (exact) mass is 164 g/mol. The van der Waals surface area contributed by atoms with E-state index in [1.54, 1.807) is 0 Å². The Morgan fingerprint density at radius 1 is 1.80 bits per heavy atom. The van der Waals surface area contributed by atoms with E-state index in [9.17, 15) is 9.69 Å². The maximum absolute atomic E-state index is 10.6. The summed E-state index contributed by atoms with van der Waals surface area (Å²) in [6, 6.07) is 0. The Morgan fingerprint density at radius 3 is 2.80 bits per heavy atom. The highest BCUT2D eigenvalue weighted by Gasteiger charge is 1.98. The second-order valence-electron chi connectivity index (χ2n) is 1.56. The molecule has 0 rings (SSSR count). The second kappa shape index (κ2) is 5.29. The van der Waals surface area contributed by atoms with Gasteiger partial charge in [-0.15, -0.1) is 4.74 Å². The molecule has 0 radical (unpaired) electrons. The zero-order valence-corrected chi connectivity index (χ0v) is 6.25. The first kappa shape index (κ1) is 9.49. The number of carboxylic acids is 1. The van der Waals surface area contributed by atoms with E-state index in [1.165, 1.54) is 0 Å². The van der Waals surface area contributed by atoms with Crippen LogP contribution in [0.1, 0.15) is 0 Å². The van der Waals surface area contributed by atoms with Gasteiger partial charge in [0.15, 0.2) is 14.5 Å². The van der Waals surface area contributed by atoms with Gasteiger partial charge in [0.05, 0.1) is 0 Å². The van der Waals surface area contributed by atoms with E-state index in [0.29, 0.717) is 0 Å². The van der Waals surface area contributed by atoms with Crippen LogP contribution in [0.5, 0.6) is 0 Å². The standard InChI is InChI=1S/C4H9N2O3P/c5-1-2-10(9)6-3-4(7)8/h1-3,5H2,(H,7,8). The van der Waals surface area contributed by atoms with E-state index in [2.05, 4.69) is 4.74 Å². The number of hydrogen-bond acceptors (Lipinski definition) is 4. The molecular weight excluding hydrogens is 155 g/mol. The molecule has 0 fully saturated rings. The number of aliphatic carboxylic acids is 1. The first-order valence-electron chi connectivity index (χ1n) is 2.70. The largest absolute Gasteiger partial charge is 0.612 e. The molecule has 58 valence electrons. The molecule has 0 aromatic rings. The minimum Gasteiger partial charge on any atom is -0.612 e. The zero-order chi connectivity index (χ0) is 7.98. The van der Waals surface area contributed by atoms with Gasteiger partial charge in [0.1, 0.15) is 6.16 Å². The van der Waals surface area contributed by atoms with Crippen LogP contribution in [0.25, 0.3) is 0 Å². The van der Waals surface area contributed by atoms with Crippen LogP contribution in [0, 0.1) is 0 Å². The van der Waals surface area contributed by atoms with Crippen LogP contribution in [0.2, 0.25) is 0 Å². The first-order valence-corrected chi connectivity index (χ1v) is 4.10. The molecular formula is C4H9N2O3P. The smallest absolute Gasteiger partial charge is 0.329 e. The number of nitrogens with two attached hydrogens (primary N) is 1. The van der Waals surface area contributed by atoms with Crippen LogP contribution in [0.4, 0.5) is 0 Å². The van der Waals surface area contributed by atoms with Crippen LogP contribution in [0.15, 0.2) is 4.74 Å². The van der Waals surface area contributed by atoms with E-state index >= 15 is 0 Å². The summed E-state index contributed by atoms with van der Waals surface area (Å²) in [4.78, 5) is 20.4. The molecule has 5 nitrogen and oxygen atoms in total. The second-order valence-corrected chi connectivity index (χ2v) is 2.99. The minimum absolute atomic E-state index is 0.266. The highest BCUT2D eigenvalue weighted by molar-refractivity contribution is 7.39. The lowest BCUT2D eigenvalue weighted by Gasteiger charge is -1.90. The van der Waals surface area contributed by atoms with Crippen LogP contribution in [-0.4, -0.2) is 30.3 Å². The zero-order valence-electron chi connectivity index (χ0n) is 5.36. The highest BCUT2D eigenvalue weighted by atomic mass is 31.1. The molecule has 6 heteroatoms. The van der Waals surface area contributed by atoms with Crippen molar-refractivity contribution in [3.05, 3.63) is 0 Å². The normalized spacial score (nSPS) is 11.6. The lowest BCUT2D eigenvalue weighted by Crippen LogP contribution is -2.07. The van der Waals surface area contributed by atoms with Crippen LogP contribution in [-0.2, 0) is 4.79 Å². The molecule has 1 atom stereocenters. The fourth-order valence-corrected chi connectivity index (χ4v) is 0.962. The number of carboxylic acid groups (broad SMARTS) is 1. The molecule has 0 aliphatic heterocycles. The molecule has 0 saturated carbocycles. The van der Waals surface area contributed by atoms with Gasteiger partial charge in [-0.2, -0.15) is 0 Å². The summed E-state index contributed by atoms with van der Waals surface area (Å²) in [5.74, 6) is -1.07. The van der Waals surface area contributed by atoms with Crippen molar-refractivity contribution in [3.8, 4) is 0 Å². The van der Waals surface area contributed by atoms with Crippen molar-refractivity contribution in [1.29, 1.82) is 0 Å². The van der Waals surface area contributed by atoms with Crippen LogP contribution >= 0.6 is 7.94 Å². The third-order valence-corrected chi connectivity index (χ3v) is 1.78. The van der Waals surface area contributed by atoms with Crippen molar-refractivity contribution in [2.75, 3.05) is 19.3 Å². The predicted octanol–water partition coefficient (Wildman–Crippen LogP) is -1.03. The van der Waals surface area contributed by atoms with Gasteiger partial charge in [-0.05, 0) is 0 Å². The SMILES string of the molecule is NCC[P+]([O-])=NCC(=O)O. The fraction of sp³-hybridized carbons (Fsp3) is 0.750. The summed E-state index contributed by atoms with van der Waals surface area (Å²) in [6.45, 7) is -0.118. The average Bonchev–Trinajstić information content (AvgIpc) is 1.85. The Balaban J connectivity index is 3.57. The molecule has 10 heavy (non-hydrogen) atoms. The van der Waals surface area contributed by atoms with Crippen molar-refractivity contribution in [2.24, 2.45) is 10.5 Å². The van der Waals surface area contributed by atoms with E-state index in [4.69, 9.17) is 10.8 Å². The molecule has 0 aromatic heterocycles. The molecule has 0 heterocycles. The van der Waals surface area contributed by atoms with E-state index in [0.717, 1.165) is 0 Å². The summed E-state index contributed by atoms with van der Waals surface area (Å²) in [5, 5.41) is 8.08. The molecule has 0 aliphatic carbocycles. The Hall–Kier alpha value is -0.510. The van der Waals surface area contributed by atoms with Crippen molar-refractivity contribution in [3.63, 3.8) is 0 Å². The van der Waals surface area contributed by atoms with Crippen molar-refractivity contribution in [2.45, 2.75) is 0 Å². The quantitative estimate of drug-likeness (QED) is 0.519. The summed E-state index contributed by atoms with van der Waals surface area (Å²) in [5.41, 5.74) is 5.04. The summed E-state index contributed by atoms with van der Waals surface area (Å²) < 4.78 is 3.34. The van der Waals surface area contributed by atoms with Crippen LogP contribution < -0.4 is 10.6 Å². The Labute approximate surface area is 59.4 Å². The minimum atomic E-state index is -1.74. The molecule has 0 bridgehead atoms. The topological polar surface area (TPSA) is 98.7 Å². The first-order chi connectivity index (χ1) is 4.66. The van der Waals surface area contributed by atoms with E-state index in [1.807, 2.05) is 0 Å². The van der Waals surface area contributed by atoms with Gasteiger partial charge in [-0.3, -0.25) is 4.79 Å². The Morgan fingerprint density at radius 2 is 2.40 bits per heavy atom. The maximum atomic E-state index is 10.6. The van der Waals surface area contributed by atoms with E-state index < -0.39 is 20.5 Å². The van der Waals surface area contributed by atoms with Gasteiger partial charge in [0.2, 0.25) is 0 Å². The number of carbonyl (C=O) groups is 1. The third-order valence-electron chi connectivity index (χ3n) is 0.684. The summed E-state index contributed by atoms with van der Waals surface area (Å²) >= 11 is 0. The van der Waals surface area contributed by atoms with Crippen molar-refractivity contribution < 1.29 is 14.8 Å². The molecule has 0 aliphatic rings. The predicted molar refractivity (Wildman–Crippen MR) is 35.8 cm³/mol. The number of rotatable bonds is 4. The molecule has 0 spiro atoms. The maximum Gasteiger partial charge on any atom is 0.329 e. The lowest BCUT2D eigenvalue weighted by atomic mass is 10.7. The van der Waals surface area contributed by atoms with Gasteiger partial charge in [0, 0.05) is 6.54 Å². The molecule has 0 saturated heterocycles. The third kappa shape index (κ3) is 5.62. The molecule has 3 N–H and O–H groups in total. The number of nitrogens with zero attached hydrogens (tertiary/aromatic N) is 1. The average molecular weight is 164 g/mol. The fourth-order valence-electron chi connectivity index (χ4n) is 0.321. The summed E-state index contributed by atoms with van der Waals surface area (Å²) in [6.07, 6.45) is 0.266. The number of hydrogen-bond donors (Lipinski definition) is 2. The van der Waals surface area contributed by atoms with Crippen molar-refractivity contribution in [1.82, 2.24) is 0 Å². The lowest BCUT2D eigenvalue weighted by molar-refractivity contribution is -0.156. The Kier molecular flexibility index (Phi) is 5.02. The van der Waals surface area contributed by atoms with Crippen LogP contribution in [0.3, 0.4) is 0 Å². The highest BCUT2D eigenvalue weighted by Crippen LogP contribution is 2.10. The molecule has 0 amide bonds. The summed E-state index contributed by atoms with van der Waals surface area (Å²) in [7, 11) is -1.74. The van der Waals surface area contributed by atoms with Crippen molar-refractivity contribution >= 4 is 13.9 Å². The van der Waals surface area contributed by atoms with Gasteiger partial charge < -0.3 is 15.7 Å². The van der Waals surface area contributed by atoms with Gasteiger partial charge >= 0.3 is 5.97 Å². The van der Waals surface area contributed by atoms with Gasteiger partial charge in [-0.25, -0.2) is 0 Å².